The van der Waals surface area contributed by atoms with Crippen LogP contribution < -0.4 is 20.9 Å². The van der Waals surface area contributed by atoms with Crippen molar-refractivity contribution in [1.29, 1.82) is 0 Å². The quantitative estimate of drug-likeness (QED) is 0.415. The summed E-state index contributed by atoms with van der Waals surface area (Å²) in [6.45, 7) is 0.522. The fraction of sp³-hybridized carbons (Fsp3) is 0.200. The third kappa shape index (κ3) is 4.86. The van der Waals surface area contributed by atoms with Crippen LogP contribution in [0.4, 0.5) is 0 Å². The van der Waals surface area contributed by atoms with Crippen LogP contribution >= 0.6 is 0 Å². The SMILES string of the molecule is COc1cccc(C=C(N)C(=Cc2cccc(OC)c2O)OCCN)c1O. The van der Waals surface area contributed by atoms with Gasteiger partial charge in [0.1, 0.15) is 12.4 Å². The number of ether oxygens (including phenoxy) is 3. The number of hydrogen-bond donors (Lipinski definition) is 4. The molecular formula is C20H24N2O5. The number of phenolic OH excluding ortho intramolecular Hbond substituents is 2. The van der Waals surface area contributed by atoms with E-state index in [1.54, 1.807) is 48.6 Å². The summed E-state index contributed by atoms with van der Waals surface area (Å²) in [4.78, 5) is 0. The molecule has 6 N–H and O–H groups in total. The van der Waals surface area contributed by atoms with E-state index in [1.165, 1.54) is 14.2 Å². The second kappa shape index (κ2) is 9.40. The van der Waals surface area contributed by atoms with Crippen LogP contribution in [0.1, 0.15) is 11.1 Å². The van der Waals surface area contributed by atoms with Gasteiger partial charge in [-0.3, -0.25) is 0 Å². The van der Waals surface area contributed by atoms with E-state index in [4.69, 9.17) is 25.7 Å². The molecule has 0 aliphatic heterocycles. The molecule has 7 nitrogen and oxygen atoms in total. The highest BCUT2D eigenvalue weighted by atomic mass is 16.5. The minimum atomic E-state index is -0.0367. The van der Waals surface area contributed by atoms with E-state index < -0.39 is 0 Å². The van der Waals surface area contributed by atoms with Gasteiger partial charge >= 0.3 is 0 Å². The van der Waals surface area contributed by atoms with E-state index in [0.29, 0.717) is 34.9 Å². The monoisotopic (exact) mass is 372 g/mol. The predicted molar refractivity (Wildman–Crippen MR) is 104 cm³/mol. The molecule has 0 aliphatic rings. The molecule has 27 heavy (non-hydrogen) atoms. The van der Waals surface area contributed by atoms with Crippen LogP contribution in [-0.2, 0) is 4.74 Å². The Labute approximate surface area is 158 Å². The van der Waals surface area contributed by atoms with Crippen LogP contribution in [-0.4, -0.2) is 37.6 Å². The van der Waals surface area contributed by atoms with Crippen molar-refractivity contribution in [2.75, 3.05) is 27.4 Å². The number of rotatable bonds is 8. The van der Waals surface area contributed by atoms with Crippen LogP contribution in [0.5, 0.6) is 23.0 Å². The van der Waals surface area contributed by atoms with Gasteiger partial charge in [-0.05, 0) is 24.3 Å². The normalized spacial score (nSPS) is 12.0. The molecule has 0 bridgehead atoms. The van der Waals surface area contributed by atoms with Crippen molar-refractivity contribution in [2.24, 2.45) is 11.5 Å². The second-order valence-electron chi connectivity index (χ2n) is 5.54. The summed E-state index contributed by atoms with van der Waals surface area (Å²) in [5.41, 5.74) is 12.9. The summed E-state index contributed by atoms with van der Waals surface area (Å²) in [7, 11) is 2.93. The summed E-state index contributed by atoms with van der Waals surface area (Å²) in [5.74, 6) is 0.882. The summed E-state index contributed by atoms with van der Waals surface area (Å²) >= 11 is 0. The molecule has 0 aliphatic carbocycles. The minimum absolute atomic E-state index is 0.0362. The highest BCUT2D eigenvalue weighted by Crippen LogP contribution is 2.33. The molecule has 0 fully saturated rings. The Bertz CT molecular complexity index is 846. The second-order valence-corrected chi connectivity index (χ2v) is 5.54. The van der Waals surface area contributed by atoms with Crippen LogP contribution in [0.2, 0.25) is 0 Å². The Morgan fingerprint density at radius 1 is 0.926 bits per heavy atom. The van der Waals surface area contributed by atoms with Gasteiger partial charge in [-0.1, -0.05) is 24.3 Å². The average molecular weight is 372 g/mol. The van der Waals surface area contributed by atoms with Crippen LogP contribution in [0.3, 0.4) is 0 Å². The third-order valence-electron chi connectivity index (χ3n) is 3.76. The van der Waals surface area contributed by atoms with Gasteiger partial charge in [0.25, 0.3) is 0 Å². The van der Waals surface area contributed by atoms with Gasteiger partial charge in [-0.2, -0.15) is 0 Å². The average Bonchev–Trinajstić information content (AvgIpc) is 2.67. The highest BCUT2D eigenvalue weighted by molar-refractivity contribution is 5.70. The Hall–Kier alpha value is -3.32. The molecule has 0 heterocycles. The molecule has 2 aromatic rings. The Balaban J connectivity index is 2.47. The van der Waals surface area contributed by atoms with E-state index >= 15 is 0 Å². The van der Waals surface area contributed by atoms with E-state index in [1.807, 2.05) is 0 Å². The number of phenols is 2. The lowest BCUT2D eigenvalue weighted by Gasteiger charge is -2.13. The first-order chi connectivity index (χ1) is 13.0. The number of nitrogens with two attached hydrogens (primary N) is 2. The van der Waals surface area contributed by atoms with Gasteiger partial charge in [0.05, 0.1) is 19.9 Å². The lowest BCUT2D eigenvalue weighted by atomic mass is 10.1. The molecule has 7 heteroatoms. The van der Waals surface area contributed by atoms with E-state index in [2.05, 4.69) is 0 Å². The van der Waals surface area contributed by atoms with Crippen molar-refractivity contribution in [3.05, 3.63) is 59.0 Å². The summed E-state index contributed by atoms with van der Waals surface area (Å²) in [6.07, 6.45) is 3.13. The summed E-state index contributed by atoms with van der Waals surface area (Å²) in [5, 5.41) is 20.5. The molecular weight excluding hydrogens is 348 g/mol. The molecule has 0 radical (unpaired) electrons. The van der Waals surface area contributed by atoms with Gasteiger partial charge in [-0.25, -0.2) is 0 Å². The lowest BCUT2D eigenvalue weighted by Crippen LogP contribution is -2.12. The number of benzene rings is 2. The molecule has 0 atom stereocenters. The zero-order chi connectivity index (χ0) is 19.8. The smallest absolute Gasteiger partial charge is 0.165 e. The molecule has 0 amide bonds. The zero-order valence-electron chi connectivity index (χ0n) is 15.3. The highest BCUT2D eigenvalue weighted by Gasteiger charge is 2.11. The first-order valence-electron chi connectivity index (χ1n) is 8.25. The van der Waals surface area contributed by atoms with E-state index in [0.717, 1.165) is 0 Å². The van der Waals surface area contributed by atoms with Crippen molar-refractivity contribution in [3.63, 3.8) is 0 Å². The Morgan fingerprint density at radius 3 is 1.93 bits per heavy atom. The number of methoxy groups -OCH3 is 2. The Morgan fingerprint density at radius 2 is 1.44 bits per heavy atom. The van der Waals surface area contributed by atoms with Gasteiger partial charge in [0, 0.05) is 17.7 Å². The summed E-state index contributed by atoms with van der Waals surface area (Å²) < 4.78 is 15.8. The van der Waals surface area contributed by atoms with Crippen LogP contribution in [0.25, 0.3) is 12.2 Å². The number of para-hydroxylation sites is 2. The topological polar surface area (TPSA) is 120 Å². The lowest BCUT2D eigenvalue weighted by molar-refractivity contribution is 0.232. The fourth-order valence-corrected chi connectivity index (χ4v) is 2.40. The zero-order valence-corrected chi connectivity index (χ0v) is 15.3. The Kier molecular flexibility index (Phi) is 6.96. The van der Waals surface area contributed by atoms with Crippen molar-refractivity contribution in [2.45, 2.75) is 0 Å². The first-order valence-corrected chi connectivity index (χ1v) is 8.25. The molecule has 0 saturated carbocycles. The molecule has 2 aromatic carbocycles. The maximum absolute atomic E-state index is 10.3. The van der Waals surface area contributed by atoms with Crippen LogP contribution in [0.15, 0.2) is 47.9 Å². The molecule has 0 spiro atoms. The predicted octanol–water partition coefficient (Wildman–Crippen LogP) is 2.43. The van der Waals surface area contributed by atoms with Gasteiger partial charge in [0.2, 0.25) is 0 Å². The van der Waals surface area contributed by atoms with Crippen molar-refractivity contribution >= 4 is 12.2 Å². The van der Waals surface area contributed by atoms with Gasteiger partial charge < -0.3 is 35.9 Å². The first kappa shape index (κ1) is 20.0. The van der Waals surface area contributed by atoms with Crippen LogP contribution in [0, 0.1) is 0 Å². The molecule has 0 saturated heterocycles. The molecule has 2 rings (SSSR count). The standard InChI is InChI=1S/C20H24N2O5/c1-25-16-7-3-5-13(19(16)23)11-15(22)18(27-10-9-21)12-14-6-4-8-17(26-2)20(14)24/h3-8,11-12,23-24H,9-10,21-22H2,1-2H3. The van der Waals surface area contributed by atoms with Gasteiger partial charge in [-0.15, -0.1) is 0 Å². The third-order valence-corrected chi connectivity index (χ3v) is 3.76. The van der Waals surface area contributed by atoms with E-state index in [9.17, 15) is 10.2 Å². The van der Waals surface area contributed by atoms with Crippen molar-refractivity contribution < 1.29 is 24.4 Å². The fourth-order valence-electron chi connectivity index (χ4n) is 2.40. The molecule has 0 unspecified atom stereocenters. The minimum Gasteiger partial charge on any atom is -0.504 e. The number of hydrogen-bond acceptors (Lipinski definition) is 7. The molecule has 144 valence electrons. The van der Waals surface area contributed by atoms with Gasteiger partial charge in [0.15, 0.2) is 23.0 Å². The molecule has 0 aromatic heterocycles. The maximum Gasteiger partial charge on any atom is 0.165 e. The van der Waals surface area contributed by atoms with E-state index in [-0.39, 0.29) is 23.8 Å². The summed E-state index contributed by atoms with van der Waals surface area (Å²) in [6, 6.07) is 10.1. The number of aromatic hydroxyl groups is 2. The maximum atomic E-state index is 10.3. The van der Waals surface area contributed by atoms with Crippen molar-refractivity contribution in [1.82, 2.24) is 0 Å². The largest absolute Gasteiger partial charge is 0.504 e. The van der Waals surface area contributed by atoms with Crippen molar-refractivity contribution in [3.8, 4) is 23.0 Å².